The lowest BCUT2D eigenvalue weighted by Gasteiger charge is -2.37. The van der Waals surface area contributed by atoms with Gasteiger partial charge in [-0.3, -0.25) is 0 Å². The van der Waals surface area contributed by atoms with E-state index in [0.29, 0.717) is 10.9 Å². The first-order valence-electron chi connectivity index (χ1n) is 17.7. The first-order chi connectivity index (χ1) is 25.4. The van der Waals surface area contributed by atoms with Gasteiger partial charge in [-0.05, 0) is 33.4 Å². The van der Waals surface area contributed by atoms with E-state index in [1.54, 1.807) is 0 Å². The van der Waals surface area contributed by atoms with Crippen molar-refractivity contribution in [2.45, 2.75) is 61.4 Å². The summed E-state index contributed by atoms with van der Waals surface area (Å²) >= 11 is 0. The Kier molecular flexibility index (Phi) is 7.85. The summed E-state index contributed by atoms with van der Waals surface area (Å²) in [7, 11) is 0. The average molecular weight is 706 g/mol. The predicted molar refractivity (Wildman–Crippen MR) is 187 cm³/mol. The Morgan fingerprint density at radius 1 is 0.442 bits per heavy atom. The fraction of sp³-hybridized carbons (Fsp3) is 0.316. The van der Waals surface area contributed by atoms with Crippen LogP contribution in [0, 0.1) is 0 Å². The maximum atomic E-state index is 10.8. The lowest BCUT2D eigenvalue weighted by Crippen LogP contribution is -2.55. The van der Waals surface area contributed by atoms with E-state index in [9.17, 15) is 20.4 Å². The molecule has 4 aromatic carbocycles. The van der Waals surface area contributed by atoms with E-state index in [4.69, 9.17) is 37.4 Å². The summed E-state index contributed by atoms with van der Waals surface area (Å²) in [6.07, 6.45) is -8.11. The molecule has 0 amide bonds. The molecule has 12 rings (SSSR count). The number of benzene rings is 4. The Balaban J connectivity index is 1.07. The highest BCUT2D eigenvalue weighted by atomic mass is 16.9. The Labute approximate surface area is 299 Å². The van der Waals surface area contributed by atoms with E-state index in [2.05, 4.69) is 24.3 Å². The minimum absolute atomic E-state index is 0.359. The minimum atomic E-state index is -2.50. The van der Waals surface area contributed by atoms with Gasteiger partial charge in [0.05, 0.1) is 37.6 Å². The largest absolute Gasteiger partial charge is 0.534 e. The Morgan fingerprint density at radius 3 is 1.15 bits per heavy atom. The average Bonchev–Trinajstić information content (AvgIpc) is 3.78. The third kappa shape index (κ3) is 4.96. The topological polar surface area (TPSA) is 155 Å². The first-order valence-corrected chi connectivity index (χ1v) is 17.7. The van der Waals surface area contributed by atoms with Crippen molar-refractivity contribution < 1.29 is 57.8 Å². The Bertz CT molecular complexity index is 1840. The highest BCUT2D eigenvalue weighted by molar-refractivity contribution is 6.76. The maximum absolute atomic E-state index is 10.8. The van der Waals surface area contributed by atoms with E-state index in [1.807, 2.05) is 84.9 Å². The first kappa shape index (κ1) is 32.9. The zero-order chi connectivity index (χ0) is 35.2. The number of fused-ring (bicyclic) bond motifs is 2. The molecule has 8 fully saturated rings. The van der Waals surface area contributed by atoms with Crippen molar-refractivity contribution in [1.29, 1.82) is 0 Å². The number of ether oxygens (including phenoxy) is 2. The number of rotatable bonds is 8. The Hall–Kier alpha value is -3.73. The van der Waals surface area contributed by atoms with Gasteiger partial charge in [0.15, 0.2) is 0 Å². The van der Waals surface area contributed by atoms with Gasteiger partial charge in [0.1, 0.15) is 37.0 Å². The fourth-order valence-corrected chi connectivity index (χ4v) is 8.68. The molecule has 2 unspecified atom stereocenters. The van der Waals surface area contributed by atoms with Crippen LogP contribution in [0.5, 0.6) is 0 Å². The summed E-state index contributed by atoms with van der Waals surface area (Å²) in [4.78, 5) is 0. The van der Waals surface area contributed by atoms with Crippen molar-refractivity contribution >= 4 is 35.6 Å². The molecule has 4 aromatic rings. The second-order valence-corrected chi connectivity index (χ2v) is 14.1. The van der Waals surface area contributed by atoms with Gasteiger partial charge in [-0.15, -0.1) is 10.9 Å². The fourth-order valence-electron chi connectivity index (χ4n) is 8.68. The van der Waals surface area contributed by atoms with Crippen molar-refractivity contribution in [2.75, 3.05) is 13.2 Å². The molecule has 4 N–H and O–H groups in total. The van der Waals surface area contributed by atoms with Crippen LogP contribution in [0.3, 0.4) is 0 Å². The van der Waals surface area contributed by atoms with Gasteiger partial charge in [-0.25, -0.2) is 0 Å². The summed E-state index contributed by atoms with van der Waals surface area (Å²) in [5.74, 6) is 0. The van der Waals surface area contributed by atoms with Crippen LogP contribution in [-0.2, 0) is 37.4 Å². The molecule has 12 atom stereocenters. The third-order valence-electron chi connectivity index (χ3n) is 11.2. The van der Waals surface area contributed by atoms with Gasteiger partial charge < -0.3 is 57.8 Å². The molecule has 8 aliphatic heterocycles. The summed E-state index contributed by atoms with van der Waals surface area (Å²) in [5, 5.41) is 41.7. The number of aliphatic hydroxyl groups is 4. The molecule has 8 heterocycles. The zero-order valence-corrected chi connectivity index (χ0v) is 27.8. The quantitative estimate of drug-likeness (QED) is 0.151. The summed E-state index contributed by atoms with van der Waals surface area (Å²) < 4.78 is 49.1. The summed E-state index contributed by atoms with van der Waals surface area (Å²) in [6.45, 7) is -5.71. The number of hydrogen-bond donors (Lipinski definition) is 4. The molecule has 8 bridgehead atoms. The predicted octanol–water partition coefficient (Wildman–Crippen LogP) is 0.770. The van der Waals surface area contributed by atoms with E-state index < -0.39 is 74.9 Å². The smallest absolute Gasteiger partial charge is 0.412 e. The van der Waals surface area contributed by atoms with Crippen LogP contribution < -0.4 is 10.9 Å². The molecule has 12 nitrogen and oxygen atoms in total. The van der Waals surface area contributed by atoms with Crippen molar-refractivity contribution in [2.24, 2.45) is 0 Å². The third-order valence-corrected chi connectivity index (χ3v) is 11.2. The molecule has 0 radical (unpaired) electrons. The number of hydrogen-bond acceptors (Lipinski definition) is 12. The van der Waals surface area contributed by atoms with Crippen LogP contribution >= 0.6 is 0 Å². The van der Waals surface area contributed by atoms with E-state index in [-0.39, 0.29) is 13.2 Å². The SMILES string of the molecule is OC[C@H]1O[B-]2(c3ccc(C(=C(c4ccccc4)c4ccc([B-]56O[C@H]7O[C@H]([C@@H](O)[C@@H]7O5)[C@@H](CO)O6)cc4)c4ccccc4)cc3)O[C@H]3O[C@@H]1[C@H](O)[C@@H]3O2. The molecular weight excluding hydrogens is 670 g/mol. The van der Waals surface area contributed by atoms with Crippen LogP contribution in [0.2, 0.25) is 0 Å². The van der Waals surface area contributed by atoms with Gasteiger partial charge in [0.25, 0.3) is 0 Å². The van der Waals surface area contributed by atoms with Crippen LogP contribution in [0.25, 0.3) is 11.1 Å². The van der Waals surface area contributed by atoms with Gasteiger partial charge in [0, 0.05) is 0 Å². The lowest BCUT2D eigenvalue weighted by atomic mass is 9.68. The van der Waals surface area contributed by atoms with Crippen LogP contribution in [0.15, 0.2) is 109 Å². The second-order valence-electron chi connectivity index (χ2n) is 14.1. The molecule has 8 aliphatic rings. The maximum Gasteiger partial charge on any atom is 0.412 e. The van der Waals surface area contributed by atoms with Crippen molar-refractivity contribution in [1.82, 2.24) is 0 Å². The van der Waals surface area contributed by atoms with Crippen LogP contribution in [0.4, 0.5) is 0 Å². The normalized spacial score (nSPS) is 38.8. The van der Waals surface area contributed by atoms with E-state index >= 15 is 0 Å². The number of aliphatic hydroxyl groups excluding tert-OH is 4. The molecular formula is C38H36B2O12-2. The zero-order valence-electron chi connectivity index (χ0n) is 27.8. The van der Waals surface area contributed by atoms with Gasteiger partial charge in [-0.2, -0.15) is 0 Å². The van der Waals surface area contributed by atoms with Crippen LogP contribution in [0.1, 0.15) is 22.3 Å². The second kappa shape index (κ2) is 12.4. The standard InChI is InChI=1S/C38H36B2O12/c41-19-27-33-31(43)35-37(45-33)51-39(47-27,49-35)25-15-11-23(12-16-25)29(21-7-3-1-4-8-21)30(22-9-5-2-6-10-22)24-13-17-26(18-14-24)40-48-28(20-42)34-32(44)36(50-40)38(46-34)52-40/h1-18,27-28,31-38,41-44H,19-20H2/q-2/t27-,28-,31-,32+,33+,34+,35+,36+,37-,38-,39?,40?/m1/s1. The van der Waals surface area contributed by atoms with Crippen molar-refractivity contribution in [3.63, 3.8) is 0 Å². The molecule has 52 heavy (non-hydrogen) atoms. The van der Waals surface area contributed by atoms with Crippen molar-refractivity contribution in [3.8, 4) is 0 Å². The molecule has 0 spiro atoms. The van der Waals surface area contributed by atoms with E-state index in [0.717, 1.165) is 33.4 Å². The van der Waals surface area contributed by atoms with E-state index in [1.165, 1.54) is 0 Å². The Morgan fingerprint density at radius 2 is 0.808 bits per heavy atom. The van der Waals surface area contributed by atoms with Crippen LogP contribution in [-0.4, -0.2) is 109 Å². The van der Waals surface area contributed by atoms with Gasteiger partial charge in [-0.1, -0.05) is 109 Å². The van der Waals surface area contributed by atoms with Crippen molar-refractivity contribution in [3.05, 3.63) is 131 Å². The molecule has 0 aromatic heterocycles. The highest BCUT2D eigenvalue weighted by Gasteiger charge is 2.62. The summed E-state index contributed by atoms with van der Waals surface area (Å²) in [6, 6.07) is 35.8. The molecule has 0 saturated carbocycles. The molecule has 0 aliphatic carbocycles. The van der Waals surface area contributed by atoms with Gasteiger partial charge in [0.2, 0.25) is 0 Å². The lowest BCUT2D eigenvalue weighted by molar-refractivity contribution is -0.0941. The molecule has 14 heteroatoms. The van der Waals surface area contributed by atoms with Gasteiger partial charge >= 0.3 is 13.5 Å². The minimum Gasteiger partial charge on any atom is -0.534 e. The highest BCUT2D eigenvalue weighted by Crippen LogP contribution is 2.44. The molecule has 8 saturated heterocycles. The molecule has 268 valence electrons. The monoisotopic (exact) mass is 706 g/mol. The summed E-state index contributed by atoms with van der Waals surface area (Å²) in [5.41, 5.74) is 6.94.